The summed E-state index contributed by atoms with van der Waals surface area (Å²) in [5.41, 5.74) is 1.76. The Morgan fingerprint density at radius 1 is 1.10 bits per heavy atom. The van der Waals surface area contributed by atoms with Gasteiger partial charge in [-0.2, -0.15) is 0 Å². The molecular weight excluding hydrogens is 268 g/mol. The first-order chi connectivity index (χ1) is 9.74. The van der Waals surface area contributed by atoms with Gasteiger partial charge in [-0.25, -0.2) is 4.98 Å². The molecule has 1 unspecified atom stereocenters. The molecule has 20 heavy (non-hydrogen) atoms. The van der Waals surface area contributed by atoms with Crippen LogP contribution >= 0.6 is 11.3 Å². The number of nitrogens with one attached hydrogen (secondary N) is 1. The van der Waals surface area contributed by atoms with E-state index in [-0.39, 0.29) is 11.8 Å². The minimum Gasteiger partial charge on any atom is -0.325 e. The van der Waals surface area contributed by atoms with Crippen molar-refractivity contribution in [2.45, 2.75) is 12.8 Å². The molecule has 2 aromatic carbocycles. The first-order valence-electron chi connectivity index (χ1n) is 6.45. The maximum Gasteiger partial charge on any atom is 0.234 e. The Morgan fingerprint density at radius 2 is 1.80 bits per heavy atom. The van der Waals surface area contributed by atoms with Crippen LogP contribution in [0.4, 0.5) is 5.69 Å². The van der Waals surface area contributed by atoms with Gasteiger partial charge >= 0.3 is 0 Å². The number of anilines is 1. The lowest BCUT2D eigenvalue weighted by atomic mass is 10.1. The van der Waals surface area contributed by atoms with Crippen LogP contribution in [0.25, 0.3) is 10.2 Å². The summed E-state index contributed by atoms with van der Waals surface area (Å²) in [6, 6.07) is 17.4. The Kier molecular flexibility index (Phi) is 3.48. The topological polar surface area (TPSA) is 42.0 Å². The Hall–Kier alpha value is -2.20. The Morgan fingerprint density at radius 3 is 2.55 bits per heavy atom. The van der Waals surface area contributed by atoms with Gasteiger partial charge in [0.25, 0.3) is 0 Å². The summed E-state index contributed by atoms with van der Waals surface area (Å²) in [4.78, 5) is 16.8. The van der Waals surface area contributed by atoms with Crippen LogP contribution in [-0.2, 0) is 4.79 Å². The lowest BCUT2D eigenvalue weighted by molar-refractivity contribution is -0.117. The average Bonchev–Trinajstić information content (AvgIpc) is 2.91. The SMILES string of the molecule is CC(C(=O)Nc1ccccc1)c1nc2ccccc2s1. The van der Waals surface area contributed by atoms with Gasteiger partial charge in [-0.1, -0.05) is 30.3 Å². The number of amides is 1. The number of nitrogens with zero attached hydrogens (tertiary/aromatic N) is 1. The van der Waals surface area contributed by atoms with Crippen LogP contribution in [0, 0.1) is 0 Å². The zero-order valence-corrected chi connectivity index (χ0v) is 11.9. The van der Waals surface area contributed by atoms with Crippen LogP contribution in [0.5, 0.6) is 0 Å². The van der Waals surface area contributed by atoms with Gasteiger partial charge in [0.15, 0.2) is 0 Å². The second-order valence-corrected chi connectivity index (χ2v) is 5.66. The van der Waals surface area contributed by atoms with Crippen molar-refractivity contribution in [1.29, 1.82) is 0 Å². The molecule has 0 radical (unpaired) electrons. The van der Waals surface area contributed by atoms with E-state index in [1.807, 2.05) is 61.5 Å². The second-order valence-electron chi connectivity index (χ2n) is 4.60. The van der Waals surface area contributed by atoms with Crippen molar-refractivity contribution in [2.24, 2.45) is 0 Å². The van der Waals surface area contributed by atoms with Gasteiger partial charge in [0.05, 0.1) is 16.1 Å². The first kappa shape index (κ1) is 12.8. The molecule has 3 rings (SSSR count). The summed E-state index contributed by atoms with van der Waals surface area (Å²) >= 11 is 1.57. The fraction of sp³-hybridized carbons (Fsp3) is 0.125. The molecule has 1 aromatic heterocycles. The number of thiazole rings is 1. The predicted molar refractivity (Wildman–Crippen MR) is 83.1 cm³/mol. The van der Waals surface area contributed by atoms with E-state index in [0.717, 1.165) is 20.9 Å². The second kappa shape index (κ2) is 5.43. The Labute approximate surface area is 121 Å². The molecule has 0 spiro atoms. The smallest absolute Gasteiger partial charge is 0.234 e. The first-order valence-corrected chi connectivity index (χ1v) is 7.27. The van der Waals surface area contributed by atoms with Crippen molar-refractivity contribution in [3.05, 3.63) is 59.6 Å². The van der Waals surface area contributed by atoms with Gasteiger partial charge in [-0.15, -0.1) is 11.3 Å². The molecule has 0 bridgehead atoms. The highest BCUT2D eigenvalue weighted by atomic mass is 32.1. The molecule has 3 aromatic rings. The molecule has 0 aliphatic carbocycles. The summed E-state index contributed by atoms with van der Waals surface area (Å²) in [5, 5.41) is 3.76. The molecule has 0 saturated heterocycles. The van der Waals surface area contributed by atoms with Gasteiger partial charge in [-0.3, -0.25) is 4.79 Å². The third-order valence-corrected chi connectivity index (χ3v) is 4.33. The molecule has 100 valence electrons. The van der Waals surface area contributed by atoms with Gasteiger partial charge in [-0.05, 0) is 31.2 Å². The summed E-state index contributed by atoms with van der Waals surface area (Å²) in [5.74, 6) is -0.289. The number of carbonyl (C=O) groups is 1. The largest absolute Gasteiger partial charge is 0.325 e. The highest BCUT2D eigenvalue weighted by Crippen LogP contribution is 2.28. The third kappa shape index (κ3) is 2.56. The number of hydrogen-bond donors (Lipinski definition) is 1. The highest BCUT2D eigenvalue weighted by molar-refractivity contribution is 7.18. The van der Waals surface area contributed by atoms with Crippen molar-refractivity contribution in [3.63, 3.8) is 0 Å². The normalized spacial score (nSPS) is 12.2. The lowest BCUT2D eigenvalue weighted by Crippen LogP contribution is -2.18. The fourth-order valence-corrected chi connectivity index (χ4v) is 2.98. The number of rotatable bonds is 3. The summed E-state index contributed by atoms with van der Waals surface area (Å²) in [6.45, 7) is 1.88. The fourth-order valence-electron chi connectivity index (χ4n) is 1.96. The molecule has 4 heteroatoms. The predicted octanol–water partition coefficient (Wildman–Crippen LogP) is 4.04. The molecule has 0 aliphatic rings. The average molecular weight is 282 g/mol. The van der Waals surface area contributed by atoms with Crippen LogP contribution in [-0.4, -0.2) is 10.9 Å². The Balaban J connectivity index is 1.81. The molecule has 1 N–H and O–H groups in total. The van der Waals surface area contributed by atoms with Crippen LogP contribution in [0.15, 0.2) is 54.6 Å². The van der Waals surface area contributed by atoms with Crippen molar-refractivity contribution >= 4 is 33.1 Å². The number of benzene rings is 2. The summed E-state index contributed by atoms with van der Waals surface area (Å²) in [7, 11) is 0. The molecule has 1 atom stereocenters. The maximum absolute atomic E-state index is 12.2. The van der Waals surface area contributed by atoms with Gasteiger partial charge in [0.1, 0.15) is 5.01 Å². The van der Waals surface area contributed by atoms with Crippen LogP contribution < -0.4 is 5.32 Å². The molecule has 1 amide bonds. The monoisotopic (exact) mass is 282 g/mol. The zero-order valence-electron chi connectivity index (χ0n) is 11.0. The van der Waals surface area contributed by atoms with E-state index in [0.29, 0.717) is 0 Å². The number of aromatic nitrogens is 1. The van der Waals surface area contributed by atoms with Crippen LogP contribution in [0.2, 0.25) is 0 Å². The van der Waals surface area contributed by atoms with Crippen molar-refractivity contribution in [2.75, 3.05) is 5.32 Å². The zero-order chi connectivity index (χ0) is 13.9. The number of hydrogen-bond acceptors (Lipinski definition) is 3. The maximum atomic E-state index is 12.2. The standard InChI is InChI=1S/C16H14N2OS/c1-11(15(19)17-12-7-3-2-4-8-12)16-18-13-9-5-6-10-14(13)20-16/h2-11H,1H3,(H,17,19). The van der Waals surface area contributed by atoms with Crippen LogP contribution in [0.1, 0.15) is 17.8 Å². The van der Waals surface area contributed by atoms with E-state index in [2.05, 4.69) is 10.3 Å². The minimum absolute atomic E-state index is 0.0322. The molecule has 0 aliphatic heterocycles. The van der Waals surface area contributed by atoms with Crippen LogP contribution in [0.3, 0.4) is 0 Å². The van der Waals surface area contributed by atoms with E-state index in [9.17, 15) is 4.79 Å². The van der Waals surface area contributed by atoms with E-state index in [4.69, 9.17) is 0 Å². The quantitative estimate of drug-likeness (QED) is 0.787. The molecule has 1 heterocycles. The minimum atomic E-state index is -0.257. The van der Waals surface area contributed by atoms with Gasteiger partial charge in [0.2, 0.25) is 5.91 Å². The summed E-state index contributed by atoms with van der Waals surface area (Å²) < 4.78 is 1.11. The van der Waals surface area contributed by atoms with Crippen molar-refractivity contribution in [3.8, 4) is 0 Å². The third-order valence-electron chi connectivity index (χ3n) is 3.12. The molecule has 0 fully saturated rings. The Bertz CT molecular complexity index is 703. The van der Waals surface area contributed by atoms with Crippen molar-refractivity contribution < 1.29 is 4.79 Å². The summed E-state index contributed by atoms with van der Waals surface area (Å²) in [6.07, 6.45) is 0. The number of para-hydroxylation sites is 2. The van der Waals surface area contributed by atoms with E-state index in [1.54, 1.807) is 11.3 Å². The van der Waals surface area contributed by atoms with Crippen molar-refractivity contribution in [1.82, 2.24) is 4.98 Å². The lowest BCUT2D eigenvalue weighted by Gasteiger charge is -2.09. The highest BCUT2D eigenvalue weighted by Gasteiger charge is 2.19. The van der Waals surface area contributed by atoms with E-state index >= 15 is 0 Å². The number of fused-ring (bicyclic) bond motifs is 1. The van der Waals surface area contributed by atoms with E-state index < -0.39 is 0 Å². The number of carbonyl (C=O) groups excluding carboxylic acids is 1. The molecule has 3 nitrogen and oxygen atoms in total. The van der Waals surface area contributed by atoms with Gasteiger partial charge < -0.3 is 5.32 Å². The van der Waals surface area contributed by atoms with E-state index in [1.165, 1.54) is 0 Å². The molecule has 0 saturated carbocycles. The van der Waals surface area contributed by atoms with Gasteiger partial charge in [0, 0.05) is 5.69 Å². The molecular formula is C16H14N2OS.